The molecular weight excluding hydrogens is 180 g/mol. The minimum atomic E-state index is 0.590. The van der Waals surface area contributed by atoms with Gasteiger partial charge in [0.1, 0.15) is 0 Å². The molecule has 0 radical (unpaired) electrons. The van der Waals surface area contributed by atoms with E-state index >= 15 is 0 Å². The smallest absolute Gasteiger partial charge is 0.00533 e. The summed E-state index contributed by atoms with van der Waals surface area (Å²) in [4.78, 5) is 0. The van der Waals surface area contributed by atoms with Crippen LogP contribution in [0.3, 0.4) is 0 Å². The highest BCUT2D eigenvalue weighted by Crippen LogP contribution is 2.26. The maximum absolute atomic E-state index is 3.87. The van der Waals surface area contributed by atoms with Gasteiger partial charge in [-0.1, -0.05) is 48.6 Å². The van der Waals surface area contributed by atoms with Crippen molar-refractivity contribution in [1.29, 1.82) is 0 Å². The molecule has 0 saturated carbocycles. The van der Waals surface area contributed by atoms with E-state index in [1.54, 1.807) is 0 Å². The van der Waals surface area contributed by atoms with Crippen LogP contribution in [0.5, 0.6) is 0 Å². The summed E-state index contributed by atoms with van der Waals surface area (Å²) in [6.07, 6.45) is 10.3. The third-order valence-electron chi connectivity index (χ3n) is 3.13. The Kier molecular flexibility index (Phi) is 3.39. The number of allylic oxidation sites excluding steroid dienone is 3. The van der Waals surface area contributed by atoms with Crippen LogP contribution in [0.15, 0.2) is 55.1 Å². The molecule has 0 aromatic heterocycles. The number of rotatable bonds is 3. The molecule has 0 N–H and O–H groups in total. The van der Waals surface area contributed by atoms with E-state index in [2.05, 4.69) is 55.1 Å². The van der Waals surface area contributed by atoms with Crippen LogP contribution in [-0.4, -0.2) is 0 Å². The molecule has 0 nitrogen and oxygen atoms in total. The first-order valence-electron chi connectivity index (χ1n) is 5.71. The largest absolute Gasteiger partial charge is 0.102 e. The van der Waals surface area contributed by atoms with Gasteiger partial charge in [-0.2, -0.15) is 0 Å². The molecule has 1 aromatic rings. The zero-order chi connectivity index (χ0) is 10.5. The molecule has 0 heteroatoms. The van der Waals surface area contributed by atoms with Gasteiger partial charge in [0, 0.05) is 0 Å². The van der Waals surface area contributed by atoms with Gasteiger partial charge in [0.25, 0.3) is 0 Å². The van der Waals surface area contributed by atoms with Crippen molar-refractivity contribution in [3.05, 3.63) is 60.7 Å². The fraction of sp³-hybridized carbons (Fsp3) is 0.333. The minimum Gasteiger partial charge on any atom is -0.102 e. The van der Waals surface area contributed by atoms with E-state index in [9.17, 15) is 0 Å². The van der Waals surface area contributed by atoms with E-state index in [1.807, 2.05) is 0 Å². The van der Waals surface area contributed by atoms with Gasteiger partial charge in [-0.25, -0.2) is 0 Å². The molecule has 0 amide bonds. The van der Waals surface area contributed by atoms with Gasteiger partial charge in [0.05, 0.1) is 0 Å². The Morgan fingerprint density at radius 3 is 2.80 bits per heavy atom. The second kappa shape index (κ2) is 4.97. The standard InChI is InChI=1S/C15H18/c1-2-13-9-6-10-15(11-13)12-14-7-4-3-5-8-14/h2-9,13,15H,1,10-12H2. The Balaban J connectivity index is 1.96. The molecule has 0 spiro atoms. The molecule has 0 fully saturated rings. The van der Waals surface area contributed by atoms with Crippen LogP contribution in [0.2, 0.25) is 0 Å². The monoisotopic (exact) mass is 198 g/mol. The second-order valence-corrected chi connectivity index (χ2v) is 4.35. The summed E-state index contributed by atoms with van der Waals surface area (Å²) in [5.41, 5.74) is 1.46. The zero-order valence-electron chi connectivity index (χ0n) is 9.10. The second-order valence-electron chi connectivity index (χ2n) is 4.35. The maximum atomic E-state index is 3.87. The van der Waals surface area contributed by atoms with Crippen LogP contribution >= 0.6 is 0 Å². The number of benzene rings is 1. The molecular formula is C15H18. The Morgan fingerprint density at radius 2 is 2.07 bits per heavy atom. The van der Waals surface area contributed by atoms with E-state index in [4.69, 9.17) is 0 Å². The molecule has 2 atom stereocenters. The summed E-state index contributed by atoms with van der Waals surface area (Å²) in [6, 6.07) is 10.8. The molecule has 15 heavy (non-hydrogen) atoms. The molecule has 1 aliphatic rings. The van der Waals surface area contributed by atoms with Crippen LogP contribution < -0.4 is 0 Å². The Morgan fingerprint density at radius 1 is 1.27 bits per heavy atom. The van der Waals surface area contributed by atoms with Crippen molar-refractivity contribution < 1.29 is 0 Å². The summed E-state index contributed by atoms with van der Waals surface area (Å²) in [5, 5.41) is 0. The van der Waals surface area contributed by atoms with Crippen molar-refractivity contribution in [3.63, 3.8) is 0 Å². The topological polar surface area (TPSA) is 0 Å². The van der Waals surface area contributed by atoms with E-state index in [0.717, 1.165) is 5.92 Å². The predicted octanol–water partition coefficient (Wildman–Crippen LogP) is 4.00. The molecule has 0 saturated heterocycles. The van der Waals surface area contributed by atoms with E-state index in [-0.39, 0.29) is 0 Å². The number of hydrogen-bond donors (Lipinski definition) is 0. The normalized spacial score (nSPS) is 25.1. The van der Waals surface area contributed by atoms with Crippen molar-refractivity contribution in [3.8, 4) is 0 Å². The molecule has 1 aromatic carbocycles. The summed E-state index contributed by atoms with van der Waals surface area (Å²) in [7, 11) is 0. The third-order valence-corrected chi connectivity index (χ3v) is 3.13. The summed E-state index contributed by atoms with van der Waals surface area (Å²) < 4.78 is 0. The minimum absolute atomic E-state index is 0.590. The lowest BCUT2D eigenvalue weighted by atomic mass is 9.83. The van der Waals surface area contributed by atoms with Gasteiger partial charge >= 0.3 is 0 Å². The van der Waals surface area contributed by atoms with E-state index in [0.29, 0.717) is 5.92 Å². The fourth-order valence-corrected chi connectivity index (χ4v) is 2.29. The molecule has 2 unspecified atom stereocenters. The lowest BCUT2D eigenvalue weighted by Crippen LogP contribution is -2.12. The van der Waals surface area contributed by atoms with Gasteiger partial charge in [-0.05, 0) is 36.7 Å². The molecule has 0 aliphatic heterocycles. The van der Waals surface area contributed by atoms with Gasteiger partial charge in [-0.15, -0.1) is 6.58 Å². The van der Waals surface area contributed by atoms with Crippen molar-refractivity contribution >= 4 is 0 Å². The number of hydrogen-bond acceptors (Lipinski definition) is 0. The lowest BCUT2D eigenvalue weighted by Gasteiger charge is -2.22. The Bertz CT molecular complexity index is 334. The first-order chi connectivity index (χ1) is 7.38. The quantitative estimate of drug-likeness (QED) is 0.644. The highest BCUT2D eigenvalue weighted by atomic mass is 14.2. The third kappa shape index (κ3) is 2.82. The molecule has 1 aliphatic carbocycles. The average molecular weight is 198 g/mol. The Labute approximate surface area is 92.3 Å². The van der Waals surface area contributed by atoms with E-state index < -0.39 is 0 Å². The first-order valence-corrected chi connectivity index (χ1v) is 5.71. The summed E-state index contributed by atoms with van der Waals surface area (Å²) in [6.45, 7) is 3.87. The van der Waals surface area contributed by atoms with Crippen molar-refractivity contribution in [1.82, 2.24) is 0 Å². The highest BCUT2D eigenvalue weighted by Gasteiger charge is 2.15. The van der Waals surface area contributed by atoms with Crippen LogP contribution in [-0.2, 0) is 6.42 Å². The summed E-state index contributed by atoms with van der Waals surface area (Å²) >= 11 is 0. The van der Waals surface area contributed by atoms with Crippen molar-refractivity contribution in [2.45, 2.75) is 19.3 Å². The van der Waals surface area contributed by atoms with Crippen LogP contribution in [0.1, 0.15) is 18.4 Å². The van der Waals surface area contributed by atoms with Crippen LogP contribution in [0.25, 0.3) is 0 Å². The lowest BCUT2D eigenvalue weighted by molar-refractivity contribution is 0.434. The van der Waals surface area contributed by atoms with Crippen molar-refractivity contribution in [2.75, 3.05) is 0 Å². The molecule has 2 rings (SSSR count). The SMILES string of the molecule is C=CC1C=CCC(Cc2ccccc2)C1. The summed E-state index contributed by atoms with van der Waals surface area (Å²) in [5.74, 6) is 1.38. The molecule has 78 valence electrons. The molecule has 0 heterocycles. The maximum Gasteiger partial charge on any atom is -0.00533 e. The fourth-order valence-electron chi connectivity index (χ4n) is 2.29. The highest BCUT2D eigenvalue weighted by molar-refractivity contribution is 5.16. The first kappa shape index (κ1) is 10.2. The van der Waals surface area contributed by atoms with Gasteiger partial charge in [0.15, 0.2) is 0 Å². The average Bonchev–Trinajstić information content (AvgIpc) is 2.31. The van der Waals surface area contributed by atoms with E-state index in [1.165, 1.54) is 24.8 Å². The van der Waals surface area contributed by atoms with Gasteiger partial charge < -0.3 is 0 Å². The molecule has 0 bridgehead atoms. The van der Waals surface area contributed by atoms with Crippen LogP contribution in [0, 0.1) is 11.8 Å². The van der Waals surface area contributed by atoms with Crippen molar-refractivity contribution in [2.24, 2.45) is 11.8 Å². The zero-order valence-corrected chi connectivity index (χ0v) is 9.10. The predicted molar refractivity (Wildman–Crippen MR) is 65.7 cm³/mol. The Hall–Kier alpha value is -1.30. The van der Waals surface area contributed by atoms with Gasteiger partial charge in [0.2, 0.25) is 0 Å². The van der Waals surface area contributed by atoms with Gasteiger partial charge in [-0.3, -0.25) is 0 Å². The van der Waals surface area contributed by atoms with Crippen LogP contribution in [0.4, 0.5) is 0 Å².